The van der Waals surface area contributed by atoms with Crippen LogP contribution in [0.3, 0.4) is 0 Å². The maximum atomic E-state index is 12.8. The number of amides is 1. The average molecular weight is 488 g/mol. The van der Waals surface area contributed by atoms with E-state index in [0.29, 0.717) is 33.8 Å². The van der Waals surface area contributed by atoms with Crippen LogP contribution in [-0.2, 0) is 20.0 Å². The lowest BCUT2D eigenvalue weighted by Gasteiger charge is -2.12. The Hall–Kier alpha value is -3.37. The van der Waals surface area contributed by atoms with Gasteiger partial charge in [-0.1, -0.05) is 18.2 Å². The third kappa shape index (κ3) is 6.33. The summed E-state index contributed by atoms with van der Waals surface area (Å²) in [6.45, 7) is 5.29. The van der Waals surface area contributed by atoms with Crippen molar-refractivity contribution in [3.05, 3.63) is 82.9 Å². The highest BCUT2D eigenvalue weighted by atomic mass is 32.2. The third-order valence-corrected chi connectivity index (χ3v) is 6.94. The summed E-state index contributed by atoms with van der Waals surface area (Å²) in [7, 11) is -7.24. The number of rotatable bonds is 7. The molecule has 0 heterocycles. The molecule has 1 amide bonds. The van der Waals surface area contributed by atoms with E-state index in [0.717, 1.165) is 11.8 Å². The van der Waals surface area contributed by atoms with Crippen LogP contribution in [0.15, 0.2) is 65.6 Å². The molecule has 0 aliphatic carbocycles. The van der Waals surface area contributed by atoms with Crippen molar-refractivity contribution in [2.75, 3.05) is 21.0 Å². The second-order valence-electron chi connectivity index (χ2n) is 7.81. The van der Waals surface area contributed by atoms with Crippen molar-refractivity contribution in [3.8, 4) is 0 Å². The molecule has 0 aliphatic heterocycles. The Bertz CT molecular complexity index is 1410. The molecule has 10 heteroatoms. The van der Waals surface area contributed by atoms with Crippen LogP contribution in [0.25, 0.3) is 0 Å². The van der Waals surface area contributed by atoms with Crippen molar-refractivity contribution < 1.29 is 21.6 Å². The summed E-state index contributed by atoms with van der Waals surface area (Å²) in [5, 5.41) is 2.71. The van der Waals surface area contributed by atoms with Crippen LogP contribution in [-0.4, -0.2) is 29.0 Å². The molecular formula is C23H25N3O5S2. The summed E-state index contributed by atoms with van der Waals surface area (Å²) < 4.78 is 53.5. The maximum absolute atomic E-state index is 12.8. The number of aryl methyl sites for hydroxylation is 3. The fourth-order valence-electron chi connectivity index (χ4n) is 3.11. The maximum Gasteiger partial charge on any atom is 0.262 e. The molecule has 8 nitrogen and oxygen atoms in total. The second-order valence-corrected chi connectivity index (χ2v) is 11.2. The minimum absolute atomic E-state index is 0.196. The quantitative estimate of drug-likeness (QED) is 0.464. The molecule has 0 atom stereocenters. The van der Waals surface area contributed by atoms with Gasteiger partial charge in [-0.3, -0.25) is 14.2 Å². The summed E-state index contributed by atoms with van der Waals surface area (Å²) >= 11 is 0. The van der Waals surface area contributed by atoms with Gasteiger partial charge in [0.05, 0.1) is 16.8 Å². The Labute approximate surface area is 194 Å². The minimum atomic E-state index is -3.78. The minimum Gasteiger partial charge on any atom is -0.322 e. The van der Waals surface area contributed by atoms with Crippen molar-refractivity contribution in [1.82, 2.24) is 0 Å². The first-order valence-electron chi connectivity index (χ1n) is 9.94. The zero-order chi connectivity index (χ0) is 24.4. The van der Waals surface area contributed by atoms with Crippen LogP contribution < -0.4 is 14.8 Å². The molecule has 0 saturated heterocycles. The molecule has 0 bridgehead atoms. The fourth-order valence-corrected chi connectivity index (χ4v) is 5.12. The molecule has 0 saturated carbocycles. The second kappa shape index (κ2) is 9.24. The molecule has 3 aromatic rings. The van der Waals surface area contributed by atoms with Gasteiger partial charge < -0.3 is 5.32 Å². The molecule has 3 N–H and O–H groups in total. The highest BCUT2D eigenvalue weighted by molar-refractivity contribution is 7.92. The molecule has 3 aromatic carbocycles. The van der Waals surface area contributed by atoms with E-state index in [-0.39, 0.29) is 4.90 Å². The molecule has 0 fully saturated rings. The Morgan fingerprint density at radius 2 is 1.33 bits per heavy atom. The van der Waals surface area contributed by atoms with E-state index in [1.165, 1.54) is 30.3 Å². The van der Waals surface area contributed by atoms with Gasteiger partial charge in [-0.05, 0) is 79.9 Å². The van der Waals surface area contributed by atoms with E-state index in [4.69, 9.17) is 0 Å². The Kier molecular flexibility index (Phi) is 6.80. The summed E-state index contributed by atoms with van der Waals surface area (Å²) in [6, 6.07) is 16.1. The van der Waals surface area contributed by atoms with E-state index in [1.54, 1.807) is 38.1 Å². The van der Waals surface area contributed by atoms with Gasteiger partial charge in [0.2, 0.25) is 10.0 Å². The van der Waals surface area contributed by atoms with E-state index in [2.05, 4.69) is 14.8 Å². The van der Waals surface area contributed by atoms with Gasteiger partial charge in [0, 0.05) is 16.9 Å². The van der Waals surface area contributed by atoms with Crippen LogP contribution in [0.2, 0.25) is 0 Å². The molecule has 174 valence electrons. The van der Waals surface area contributed by atoms with Gasteiger partial charge in [0.25, 0.3) is 15.9 Å². The molecular weight excluding hydrogens is 462 g/mol. The number of sulfonamides is 2. The van der Waals surface area contributed by atoms with E-state index in [9.17, 15) is 21.6 Å². The van der Waals surface area contributed by atoms with Gasteiger partial charge in [-0.2, -0.15) is 0 Å². The summed E-state index contributed by atoms with van der Waals surface area (Å²) in [5.74, 6) is -0.423. The van der Waals surface area contributed by atoms with E-state index < -0.39 is 26.0 Å². The van der Waals surface area contributed by atoms with Gasteiger partial charge >= 0.3 is 0 Å². The van der Waals surface area contributed by atoms with Crippen LogP contribution in [0, 0.1) is 20.8 Å². The molecule has 33 heavy (non-hydrogen) atoms. The average Bonchev–Trinajstić information content (AvgIpc) is 2.71. The summed E-state index contributed by atoms with van der Waals surface area (Å²) in [4.78, 5) is 12.8. The number of benzene rings is 3. The summed E-state index contributed by atoms with van der Waals surface area (Å²) in [6.07, 6.45) is 1.05. The Morgan fingerprint density at radius 3 is 1.97 bits per heavy atom. The lowest BCUT2D eigenvalue weighted by atomic mass is 10.1. The normalized spacial score (nSPS) is 11.6. The molecule has 0 spiro atoms. The number of nitrogens with one attached hydrogen (secondary N) is 3. The highest BCUT2D eigenvalue weighted by Crippen LogP contribution is 2.23. The largest absolute Gasteiger partial charge is 0.322 e. The van der Waals surface area contributed by atoms with Crippen molar-refractivity contribution in [3.63, 3.8) is 0 Å². The Balaban J connectivity index is 1.74. The van der Waals surface area contributed by atoms with Crippen LogP contribution in [0.4, 0.5) is 17.1 Å². The van der Waals surface area contributed by atoms with Crippen LogP contribution in [0.1, 0.15) is 27.0 Å². The van der Waals surface area contributed by atoms with Gasteiger partial charge in [0.1, 0.15) is 0 Å². The molecule has 3 rings (SSSR count). The van der Waals surface area contributed by atoms with Gasteiger partial charge in [0.15, 0.2) is 0 Å². The van der Waals surface area contributed by atoms with Crippen molar-refractivity contribution in [2.24, 2.45) is 0 Å². The predicted molar refractivity (Wildman–Crippen MR) is 131 cm³/mol. The lowest BCUT2D eigenvalue weighted by Crippen LogP contribution is -2.15. The Morgan fingerprint density at radius 1 is 0.727 bits per heavy atom. The smallest absolute Gasteiger partial charge is 0.262 e. The van der Waals surface area contributed by atoms with Gasteiger partial charge in [-0.15, -0.1) is 0 Å². The molecule has 0 aromatic heterocycles. The van der Waals surface area contributed by atoms with Crippen LogP contribution >= 0.6 is 0 Å². The SMILES string of the molecule is Cc1ccc(C)c(S(=O)(=O)Nc2ccc(C(=O)Nc3ccc(C)c(NS(C)(=O)=O)c3)cc2)c1. The standard InChI is InChI=1S/C23H25N3O5S2/c1-15-5-6-17(3)22(13-15)33(30,31)25-19-11-8-18(9-12-19)23(27)24-20-10-7-16(2)21(14-20)26-32(4,28)29/h5-14,25-26H,1-4H3,(H,24,27). The third-order valence-electron chi connectivity index (χ3n) is 4.82. The lowest BCUT2D eigenvalue weighted by molar-refractivity contribution is 0.102. The molecule has 0 radical (unpaired) electrons. The van der Waals surface area contributed by atoms with E-state index in [1.807, 2.05) is 13.0 Å². The number of hydrogen-bond acceptors (Lipinski definition) is 5. The van der Waals surface area contributed by atoms with Crippen molar-refractivity contribution in [2.45, 2.75) is 25.7 Å². The molecule has 0 unspecified atom stereocenters. The van der Waals surface area contributed by atoms with Crippen molar-refractivity contribution in [1.29, 1.82) is 0 Å². The zero-order valence-electron chi connectivity index (χ0n) is 18.6. The number of carbonyl (C=O) groups is 1. The predicted octanol–water partition coefficient (Wildman–Crippen LogP) is 4.04. The number of anilines is 3. The zero-order valence-corrected chi connectivity index (χ0v) is 20.3. The van der Waals surface area contributed by atoms with Crippen molar-refractivity contribution >= 4 is 43.0 Å². The number of hydrogen-bond donors (Lipinski definition) is 3. The van der Waals surface area contributed by atoms with E-state index >= 15 is 0 Å². The molecule has 0 aliphatic rings. The highest BCUT2D eigenvalue weighted by Gasteiger charge is 2.17. The van der Waals surface area contributed by atoms with Crippen LogP contribution in [0.5, 0.6) is 0 Å². The van der Waals surface area contributed by atoms with Gasteiger partial charge in [-0.25, -0.2) is 16.8 Å². The number of carbonyl (C=O) groups excluding carboxylic acids is 1. The monoisotopic (exact) mass is 487 g/mol. The first-order chi connectivity index (χ1) is 15.3. The first kappa shape index (κ1) is 24.3. The first-order valence-corrected chi connectivity index (χ1v) is 13.3. The topological polar surface area (TPSA) is 121 Å². The fraction of sp³-hybridized carbons (Fsp3) is 0.174. The summed E-state index contributed by atoms with van der Waals surface area (Å²) in [5.41, 5.74) is 3.58.